The molecule has 20 heavy (non-hydrogen) atoms. The van der Waals surface area contributed by atoms with E-state index in [2.05, 4.69) is 5.16 Å². The van der Waals surface area contributed by atoms with Gasteiger partial charge in [0.05, 0.1) is 5.69 Å². The molecule has 0 aromatic carbocycles. The highest BCUT2D eigenvalue weighted by Crippen LogP contribution is 2.33. The van der Waals surface area contributed by atoms with Crippen molar-refractivity contribution in [3.8, 4) is 0 Å². The molecule has 2 heterocycles. The molecular formula is C14H23N3O3. The molecule has 6 nitrogen and oxygen atoms in total. The van der Waals surface area contributed by atoms with Gasteiger partial charge in [-0.15, -0.1) is 0 Å². The molecule has 6 heteroatoms. The number of amides is 1. The topological polar surface area (TPSA) is 81.6 Å². The fourth-order valence-corrected chi connectivity index (χ4v) is 2.34. The van der Waals surface area contributed by atoms with Gasteiger partial charge in [0.25, 0.3) is 0 Å². The molecule has 1 saturated heterocycles. The van der Waals surface area contributed by atoms with Gasteiger partial charge in [0, 0.05) is 19.0 Å². The zero-order chi connectivity index (χ0) is 14.9. The molecule has 1 aliphatic rings. The molecule has 0 radical (unpaired) electrons. The summed E-state index contributed by atoms with van der Waals surface area (Å²) in [5.74, 6) is 0.987. The number of aromatic nitrogens is 1. The minimum Gasteiger partial charge on any atom is -0.444 e. The molecule has 0 atom stereocenters. The summed E-state index contributed by atoms with van der Waals surface area (Å²) in [6.45, 7) is 8.75. The molecule has 2 N–H and O–H groups in total. The van der Waals surface area contributed by atoms with Gasteiger partial charge >= 0.3 is 6.09 Å². The first kappa shape index (κ1) is 14.7. The highest BCUT2D eigenvalue weighted by Gasteiger charge is 2.30. The van der Waals surface area contributed by atoms with E-state index in [4.69, 9.17) is 15.0 Å². The Morgan fingerprint density at radius 3 is 2.45 bits per heavy atom. The molecule has 0 aliphatic carbocycles. The van der Waals surface area contributed by atoms with E-state index in [0.29, 0.717) is 18.8 Å². The van der Waals surface area contributed by atoms with Crippen LogP contribution in [0.5, 0.6) is 0 Å². The van der Waals surface area contributed by atoms with Crippen molar-refractivity contribution in [1.29, 1.82) is 0 Å². The van der Waals surface area contributed by atoms with Gasteiger partial charge in [-0.1, -0.05) is 5.16 Å². The molecule has 2 rings (SSSR count). The number of anilines is 1. The Kier molecular flexibility index (Phi) is 3.92. The second-order valence-electron chi connectivity index (χ2n) is 6.29. The van der Waals surface area contributed by atoms with Crippen LogP contribution >= 0.6 is 0 Å². The number of aryl methyl sites for hydroxylation is 1. The van der Waals surface area contributed by atoms with Crippen LogP contribution in [0.3, 0.4) is 0 Å². The maximum absolute atomic E-state index is 12.0. The van der Waals surface area contributed by atoms with Crippen molar-refractivity contribution in [3.05, 3.63) is 11.5 Å². The molecule has 1 amide bonds. The Hall–Kier alpha value is -1.72. The lowest BCUT2D eigenvalue weighted by atomic mass is 9.93. The third-order valence-electron chi connectivity index (χ3n) is 3.45. The molecule has 0 spiro atoms. The number of piperidine rings is 1. The van der Waals surface area contributed by atoms with Gasteiger partial charge in [0.15, 0.2) is 5.76 Å². The molecule has 0 saturated carbocycles. The third-order valence-corrected chi connectivity index (χ3v) is 3.45. The van der Waals surface area contributed by atoms with E-state index in [0.717, 1.165) is 24.3 Å². The van der Waals surface area contributed by atoms with Crippen LogP contribution < -0.4 is 5.73 Å². The molecule has 1 aliphatic heterocycles. The first-order chi connectivity index (χ1) is 9.28. The number of nitrogens with zero attached hydrogens (tertiary/aromatic N) is 2. The zero-order valence-corrected chi connectivity index (χ0v) is 12.6. The van der Waals surface area contributed by atoms with E-state index in [1.807, 2.05) is 27.7 Å². The second kappa shape index (κ2) is 5.34. The number of nitrogen functional groups attached to an aromatic ring is 1. The molecular weight excluding hydrogens is 258 g/mol. The predicted molar refractivity (Wildman–Crippen MR) is 75.4 cm³/mol. The average Bonchev–Trinajstić information content (AvgIpc) is 2.68. The summed E-state index contributed by atoms with van der Waals surface area (Å²) in [5, 5.41) is 3.89. The predicted octanol–water partition coefficient (Wildman–Crippen LogP) is 2.68. The van der Waals surface area contributed by atoms with Crippen LogP contribution in [0, 0.1) is 6.92 Å². The van der Waals surface area contributed by atoms with Crippen molar-refractivity contribution >= 4 is 11.8 Å². The highest BCUT2D eigenvalue weighted by molar-refractivity contribution is 5.68. The van der Waals surface area contributed by atoms with Crippen molar-refractivity contribution in [2.45, 2.75) is 52.1 Å². The van der Waals surface area contributed by atoms with Crippen molar-refractivity contribution in [1.82, 2.24) is 10.1 Å². The number of likely N-dealkylation sites (tertiary alicyclic amines) is 1. The number of nitrogens with two attached hydrogens (primary N) is 1. The number of carbonyl (C=O) groups excluding carboxylic acids is 1. The molecule has 112 valence electrons. The summed E-state index contributed by atoms with van der Waals surface area (Å²) < 4.78 is 10.7. The minimum atomic E-state index is -0.458. The average molecular weight is 281 g/mol. The van der Waals surface area contributed by atoms with Crippen LogP contribution in [0.1, 0.15) is 51.0 Å². The van der Waals surface area contributed by atoms with Gasteiger partial charge in [-0.3, -0.25) is 0 Å². The smallest absolute Gasteiger partial charge is 0.410 e. The van der Waals surface area contributed by atoms with Gasteiger partial charge in [0.2, 0.25) is 0 Å². The largest absolute Gasteiger partial charge is 0.444 e. The highest BCUT2D eigenvalue weighted by atomic mass is 16.6. The first-order valence-corrected chi connectivity index (χ1v) is 6.97. The summed E-state index contributed by atoms with van der Waals surface area (Å²) in [6.07, 6.45) is 1.38. The van der Waals surface area contributed by atoms with E-state index >= 15 is 0 Å². The Morgan fingerprint density at radius 2 is 2.00 bits per heavy atom. The summed E-state index contributed by atoms with van der Waals surface area (Å²) in [7, 11) is 0. The van der Waals surface area contributed by atoms with E-state index in [1.165, 1.54) is 0 Å². The Morgan fingerprint density at radius 1 is 1.40 bits per heavy atom. The van der Waals surface area contributed by atoms with Crippen molar-refractivity contribution < 1.29 is 14.1 Å². The van der Waals surface area contributed by atoms with E-state index in [-0.39, 0.29) is 12.0 Å². The second-order valence-corrected chi connectivity index (χ2v) is 6.29. The summed E-state index contributed by atoms with van der Waals surface area (Å²) >= 11 is 0. The number of hydrogen-bond donors (Lipinski definition) is 1. The fraction of sp³-hybridized carbons (Fsp3) is 0.714. The maximum atomic E-state index is 12.0. The molecule has 1 aromatic heterocycles. The minimum absolute atomic E-state index is 0.231. The SMILES string of the molecule is Cc1noc(C2CCN(C(=O)OC(C)(C)C)CC2)c1N. The number of hydrogen-bond acceptors (Lipinski definition) is 5. The number of ether oxygens (including phenoxy) is 1. The van der Waals surface area contributed by atoms with E-state index < -0.39 is 5.60 Å². The van der Waals surface area contributed by atoms with Crippen LogP contribution in [0.15, 0.2) is 4.52 Å². The summed E-state index contributed by atoms with van der Waals surface area (Å²) in [6, 6.07) is 0. The van der Waals surface area contributed by atoms with E-state index in [9.17, 15) is 4.79 Å². The lowest BCUT2D eigenvalue weighted by molar-refractivity contribution is 0.0199. The normalized spacial score (nSPS) is 17.3. The third kappa shape index (κ3) is 3.23. The van der Waals surface area contributed by atoms with Crippen LogP contribution in [0.4, 0.5) is 10.5 Å². The first-order valence-electron chi connectivity index (χ1n) is 6.97. The van der Waals surface area contributed by atoms with Crippen LogP contribution in [0.2, 0.25) is 0 Å². The maximum Gasteiger partial charge on any atom is 0.410 e. The molecule has 1 fully saturated rings. The summed E-state index contributed by atoms with van der Waals surface area (Å²) in [4.78, 5) is 13.7. The zero-order valence-electron chi connectivity index (χ0n) is 12.6. The Bertz CT molecular complexity index is 482. The van der Waals surface area contributed by atoms with Crippen molar-refractivity contribution in [2.75, 3.05) is 18.8 Å². The lowest BCUT2D eigenvalue weighted by Crippen LogP contribution is -2.41. The quantitative estimate of drug-likeness (QED) is 0.855. The molecule has 0 unspecified atom stereocenters. The van der Waals surface area contributed by atoms with Crippen LogP contribution in [-0.2, 0) is 4.74 Å². The van der Waals surface area contributed by atoms with Gasteiger partial charge in [0.1, 0.15) is 11.3 Å². The van der Waals surface area contributed by atoms with Gasteiger partial charge in [-0.25, -0.2) is 4.79 Å². The fourth-order valence-electron chi connectivity index (χ4n) is 2.34. The Balaban J connectivity index is 1.93. The van der Waals surface area contributed by atoms with Crippen molar-refractivity contribution in [2.24, 2.45) is 0 Å². The van der Waals surface area contributed by atoms with Crippen molar-refractivity contribution in [3.63, 3.8) is 0 Å². The van der Waals surface area contributed by atoms with Gasteiger partial charge in [-0.2, -0.15) is 0 Å². The monoisotopic (exact) mass is 281 g/mol. The molecule has 1 aromatic rings. The van der Waals surface area contributed by atoms with Gasteiger partial charge in [-0.05, 0) is 40.5 Å². The van der Waals surface area contributed by atoms with E-state index in [1.54, 1.807) is 4.90 Å². The van der Waals surface area contributed by atoms with Crippen LogP contribution in [0.25, 0.3) is 0 Å². The standard InChI is InChI=1S/C14H23N3O3/c1-9-11(15)12(20-16-9)10-5-7-17(8-6-10)13(18)19-14(2,3)4/h10H,5-8,15H2,1-4H3. The number of rotatable bonds is 1. The lowest BCUT2D eigenvalue weighted by Gasteiger charge is -2.32. The Labute approximate surface area is 119 Å². The van der Waals surface area contributed by atoms with Gasteiger partial charge < -0.3 is 19.9 Å². The van der Waals surface area contributed by atoms with Crippen LogP contribution in [-0.4, -0.2) is 34.8 Å². The number of carbonyl (C=O) groups is 1. The summed E-state index contributed by atoms with van der Waals surface area (Å²) in [5.41, 5.74) is 6.86. The molecule has 0 bridgehead atoms.